The number of ether oxygens (including phenoxy) is 1. The van der Waals surface area contributed by atoms with Gasteiger partial charge in [-0.2, -0.15) is 4.98 Å². The first kappa shape index (κ1) is 22.7. The van der Waals surface area contributed by atoms with Gasteiger partial charge in [0.05, 0.1) is 28.9 Å². The Balaban J connectivity index is 2.63. The smallest absolute Gasteiger partial charge is 0.355 e. The number of hydrogen-bond acceptors (Lipinski definition) is 6. The average Bonchev–Trinajstić information content (AvgIpc) is 2.73. The maximum atomic E-state index is 13.0. The molecule has 0 saturated carbocycles. The first-order chi connectivity index (χ1) is 15.3. The minimum absolute atomic E-state index is 0.00372. The normalized spacial score (nSPS) is 11.8. The number of rotatable bonds is 6. The number of anilines is 1. The number of carbonyl (C=O) groups excluding carboxylic acids is 1. The van der Waals surface area contributed by atoms with Crippen LogP contribution in [0.4, 0.5) is 5.82 Å². The summed E-state index contributed by atoms with van der Waals surface area (Å²) < 4.78 is 6.71. The summed E-state index contributed by atoms with van der Waals surface area (Å²) in [5.74, 6) is -0.513. The predicted molar refractivity (Wildman–Crippen MR) is 128 cm³/mol. The van der Waals surface area contributed by atoms with Crippen molar-refractivity contribution >= 4 is 28.5 Å². The molecule has 0 saturated heterocycles. The van der Waals surface area contributed by atoms with Crippen LogP contribution in [0.1, 0.15) is 35.5 Å². The average molecular weight is 431 g/mol. The quantitative estimate of drug-likeness (QED) is 0.458. The molecule has 0 spiro atoms. The number of carbonyl (C=O) groups is 1. The molecule has 3 aromatic rings. The number of allylic oxidation sites excluding steroid dienone is 5. The second-order valence-electron chi connectivity index (χ2n) is 7.12. The van der Waals surface area contributed by atoms with E-state index in [0.29, 0.717) is 33.6 Å². The van der Waals surface area contributed by atoms with E-state index in [1.165, 1.54) is 4.57 Å². The van der Waals surface area contributed by atoms with Gasteiger partial charge in [-0.3, -0.25) is 0 Å². The topological polar surface area (TPSA) is 100 Å². The fourth-order valence-electron chi connectivity index (χ4n) is 3.70. The van der Waals surface area contributed by atoms with Gasteiger partial charge in [0.25, 0.3) is 0 Å². The summed E-state index contributed by atoms with van der Waals surface area (Å²) in [6.07, 6.45) is 6.81. The fourth-order valence-corrected chi connectivity index (χ4v) is 3.70. The summed E-state index contributed by atoms with van der Waals surface area (Å²) in [5.41, 5.74) is 9.51. The Kier molecular flexibility index (Phi) is 6.68. The van der Waals surface area contributed by atoms with E-state index in [9.17, 15) is 9.59 Å². The van der Waals surface area contributed by atoms with Crippen molar-refractivity contribution in [3.8, 4) is 11.1 Å². The number of hydrogen-bond donors (Lipinski definition) is 1. The van der Waals surface area contributed by atoms with E-state index in [1.54, 1.807) is 38.2 Å². The zero-order valence-corrected chi connectivity index (χ0v) is 18.7. The van der Waals surface area contributed by atoms with Crippen LogP contribution in [-0.2, 0) is 4.74 Å². The van der Waals surface area contributed by atoms with Crippen LogP contribution in [0.5, 0.6) is 0 Å². The Morgan fingerprint density at radius 2 is 1.97 bits per heavy atom. The summed E-state index contributed by atoms with van der Waals surface area (Å²) in [4.78, 5) is 34.6. The highest BCUT2D eigenvalue weighted by atomic mass is 16.5. The lowest BCUT2D eigenvalue weighted by Crippen LogP contribution is -2.25. The largest absolute Gasteiger partial charge is 0.462 e. The maximum absolute atomic E-state index is 13.0. The van der Waals surface area contributed by atoms with Crippen LogP contribution in [0.3, 0.4) is 0 Å². The Morgan fingerprint density at radius 3 is 2.59 bits per heavy atom. The molecule has 0 fully saturated rings. The molecule has 0 aliphatic heterocycles. The second kappa shape index (κ2) is 9.43. The number of aromatic nitrogens is 3. The van der Waals surface area contributed by atoms with E-state index in [4.69, 9.17) is 10.5 Å². The van der Waals surface area contributed by atoms with Crippen LogP contribution < -0.4 is 11.4 Å². The van der Waals surface area contributed by atoms with Crippen LogP contribution in [-0.4, -0.2) is 27.1 Å². The van der Waals surface area contributed by atoms with Gasteiger partial charge in [-0.05, 0) is 51.0 Å². The highest BCUT2D eigenvalue weighted by Crippen LogP contribution is 2.37. The highest BCUT2D eigenvalue weighted by Gasteiger charge is 2.26. The molecule has 0 aliphatic carbocycles. The van der Waals surface area contributed by atoms with E-state index in [2.05, 4.69) is 16.5 Å². The zero-order chi connectivity index (χ0) is 23.4. The SMILES string of the molecule is C=C/C=C(\C=C/C)n1c(=O)nc(N)c2c(-c3ccccc3C)c(C(=O)OCC)c(C)nc21. The molecule has 2 heterocycles. The molecule has 0 atom stereocenters. The molecule has 2 N–H and O–H groups in total. The third-order valence-corrected chi connectivity index (χ3v) is 5.01. The third-order valence-electron chi connectivity index (χ3n) is 5.01. The van der Waals surface area contributed by atoms with Crippen molar-refractivity contribution in [3.63, 3.8) is 0 Å². The number of esters is 1. The minimum Gasteiger partial charge on any atom is -0.462 e. The van der Waals surface area contributed by atoms with Gasteiger partial charge in [-0.15, -0.1) is 0 Å². The number of nitrogens with two attached hydrogens (primary N) is 1. The van der Waals surface area contributed by atoms with Gasteiger partial charge in [0.1, 0.15) is 5.82 Å². The van der Waals surface area contributed by atoms with Crippen molar-refractivity contribution < 1.29 is 9.53 Å². The molecule has 164 valence electrons. The molecule has 32 heavy (non-hydrogen) atoms. The Bertz CT molecular complexity index is 1330. The van der Waals surface area contributed by atoms with E-state index < -0.39 is 11.7 Å². The molecule has 0 radical (unpaired) electrons. The minimum atomic E-state index is -0.576. The first-order valence-electron chi connectivity index (χ1n) is 10.3. The molecule has 0 aliphatic rings. The van der Waals surface area contributed by atoms with Crippen LogP contribution >= 0.6 is 0 Å². The molecular weight excluding hydrogens is 404 g/mol. The third kappa shape index (κ3) is 3.97. The van der Waals surface area contributed by atoms with Gasteiger partial charge in [-0.25, -0.2) is 19.1 Å². The monoisotopic (exact) mass is 430 g/mol. The van der Waals surface area contributed by atoms with Gasteiger partial charge in [-0.1, -0.05) is 43.0 Å². The Hall–Kier alpha value is -4.00. The van der Waals surface area contributed by atoms with Crippen LogP contribution in [0.15, 0.2) is 59.9 Å². The number of nitrogen functional groups attached to an aromatic ring is 1. The summed E-state index contributed by atoms with van der Waals surface area (Å²) in [5, 5.41) is 0.409. The molecule has 7 nitrogen and oxygen atoms in total. The van der Waals surface area contributed by atoms with Gasteiger partial charge in [0, 0.05) is 5.56 Å². The first-order valence-corrected chi connectivity index (χ1v) is 10.3. The maximum Gasteiger partial charge on any atom is 0.355 e. The Labute approximate surface area is 186 Å². The standard InChI is InChI=1S/C25H26N4O3/c1-6-11-17(12-7-2)29-23-21(22(26)28-25(29)31)20(18-14-10-9-13-15(18)4)19(16(5)27-23)24(30)32-8-3/h6-7,9-14H,1,8H2,2-5H3,(H2,26,28,31)/b12-7-,17-11+. The number of nitrogens with zero attached hydrogens (tertiary/aromatic N) is 3. The number of benzene rings is 1. The van der Waals surface area contributed by atoms with E-state index in [0.717, 1.165) is 11.1 Å². The van der Waals surface area contributed by atoms with Gasteiger partial charge in [0.2, 0.25) is 0 Å². The molecule has 3 rings (SSSR count). The predicted octanol–water partition coefficient (Wildman–Crippen LogP) is 4.44. The van der Waals surface area contributed by atoms with E-state index in [-0.39, 0.29) is 12.4 Å². The van der Waals surface area contributed by atoms with Crippen molar-refractivity contribution in [2.24, 2.45) is 0 Å². The van der Waals surface area contributed by atoms with Crippen LogP contribution in [0.2, 0.25) is 0 Å². The molecule has 1 aromatic carbocycles. The van der Waals surface area contributed by atoms with E-state index in [1.807, 2.05) is 38.1 Å². The molecule has 0 amide bonds. The summed E-state index contributed by atoms with van der Waals surface area (Å²) in [7, 11) is 0. The number of pyridine rings is 1. The van der Waals surface area contributed by atoms with Crippen molar-refractivity contribution in [3.05, 3.63) is 82.5 Å². The van der Waals surface area contributed by atoms with E-state index >= 15 is 0 Å². The summed E-state index contributed by atoms with van der Waals surface area (Å²) in [6, 6.07) is 7.62. The van der Waals surface area contributed by atoms with Gasteiger partial charge in [0.15, 0.2) is 5.65 Å². The molecule has 7 heteroatoms. The zero-order valence-electron chi connectivity index (χ0n) is 18.7. The van der Waals surface area contributed by atoms with Crippen molar-refractivity contribution in [1.29, 1.82) is 0 Å². The molecule has 0 unspecified atom stereocenters. The highest BCUT2D eigenvalue weighted by molar-refractivity contribution is 6.11. The lowest BCUT2D eigenvalue weighted by molar-refractivity contribution is 0.0526. The van der Waals surface area contributed by atoms with Crippen molar-refractivity contribution in [2.75, 3.05) is 12.3 Å². The summed E-state index contributed by atoms with van der Waals surface area (Å²) >= 11 is 0. The molecule has 2 aromatic heterocycles. The van der Waals surface area contributed by atoms with Crippen LogP contribution in [0.25, 0.3) is 27.9 Å². The van der Waals surface area contributed by atoms with Gasteiger partial charge >= 0.3 is 11.7 Å². The molecule has 0 bridgehead atoms. The Morgan fingerprint density at radius 1 is 1.25 bits per heavy atom. The molecular formula is C25H26N4O3. The lowest BCUT2D eigenvalue weighted by atomic mass is 9.92. The fraction of sp³-hybridized carbons (Fsp3) is 0.200. The number of aryl methyl sites for hydroxylation is 2. The van der Waals surface area contributed by atoms with Crippen molar-refractivity contribution in [1.82, 2.24) is 14.5 Å². The number of fused-ring (bicyclic) bond motifs is 1. The van der Waals surface area contributed by atoms with Crippen LogP contribution in [0, 0.1) is 13.8 Å². The lowest BCUT2D eigenvalue weighted by Gasteiger charge is -2.19. The van der Waals surface area contributed by atoms with Crippen molar-refractivity contribution in [2.45, 2.75) is 27.7 Å². The van der Waals surface area contributed by atoms with Gasteiger partial charge < -0.3 is 10.5 Å². The summed E-state index contributed by atoms with van der Waals surface area (Å²) in [6.45, 7) is 11.2. The second-order valence-corrected chi connectivity index (χ2v) is 7.12.